The van der Waals surface area contributed by atoms with Gasteiger partial charge in [-0.3, -0.25) is 0 Å². The molecule has 0 amide bonds. The third-order valence-electron chi connectivity index (χ3n) is 10.9. The SMILES string of the molecule is CC(C)(C)c1cc(N)cc(C(C)(C)C)c1.CC(C)(C)c1cc(Nc2cc([Si](C)(C)C)cc([Si](C)(C)C)c2)cc(C(C)(C)C)c1.C[Si](C)(C)c1cc(Br)cc([Si](C)(C)C)c1. The molecule has 0 aromatic heterocycles. The maximum Gasteiger partial charge on any atom is 0.0776 e. The van der Waals surface area contributed by atoms with Gasteiger partial charge < -0.3 is 11.1 Å². The van der Waals surface area contributed by atoms with Gasteiger partial charge in [0.05, 0.1) is 32.3 Å². The van der Waals surface area contributed by atoms with E-state index in [0.717, 1.165) is 5.69 Å². The minimum Gasteiger partial charge on any atom is -0.399 e. The van der Waals surface area contributed by atoms with Crippen molar-refractivity contribution in [1.82, 2.24) is 0 Å². The van der Waals surface area contributed by atoms with Crippen molar-refractivity contribution in [2.75, 3.05) is 11.1 Å². The average molecular weight is 933 g/mol. The summed E-state index contributed by atoms with van der Waals surface area (Å²) >= 11 is 3.64. The van der Waals surface area contributed by atoms with Crippen LogP contribution in [-0.4, -0.2) is 32.3 Å². The quantitative estimate of drug-likeness (QED) is 0.149. The molecule has 0 bridgehead atoms. The van der Waals surface area contributed by atoms with Crippen molar-refractivity contribution in [2.45, 2.75) is 183 Å². The molecule has 4 rings (SSSR count). The zero-order valence-electron chi connectivity index (χ0n) is 42.4. The number of nitrogens with one attached hydrogen (secondary N) is 1. The van der Waals surface area contributed by atoms with E-state index in [9.17, 15) is 0 Å². The summed E-state index contributed by atoms with van der Waals surface area (Å²) in [4.78, 5) is 0. The van der Waals surface area contributed by atoms with Crippen molar-refractivity contribution in [3.63, 3.8) is 0 Å². The van der Waals surface area contributed by atoms with Gasteiger partial charge in [-0.05, 0) is 92.4 Å². The molecule has 0 saturated carbocycles. The first-order valence-electron chi connectivity index (χ1n) is 21.9. The second kappa shape index (κ2) is 18.7. The Morgan fingerprint density at radius 1 is 0.356 bits per heavy atom. The number of nitrogen functional groups attached to an aromatic ring is 1. The van der Waals surface area contributed by atoms with E-state index in [4.69, 9.17) is 5.73 Å². The Bertz CT molecular complexity index is 1750. The van der Waals surface area contributed by atoms with Crippen LogP contribution in [0.5, 0.6) is 0 Å². The highest BCUT2D eigenvalue weighted by atomic mass is 79.9. The first-order valence-corrected chi connectivity index (χ1v) is 36.7. The number of anilines is 3. The number of hydrogen-bond acceptors (Lipinski definition) is 2. The number of halogens is 1. The Kier molecular flexibility index (Phi) is 16.8. The van der Waals surface area contributed by atoms with Crippen molar-refractivity contribution >= 4 is 86.0 Å². The maximum absolute atomic E-state index is 5.95. The zero-order chi connectivity index (χ0) is 46.1. The molecule has 0 spiro atoms. The van der Waals surface area contributed by atoms with E-state index in [-0.39, 0.29) is 21.7 Å². The van der Waals surface area contributed by atoms with Gasteiger partial charge in [-0.1, -0.05) is 223 Å². The molecule has 0 aliphatic rings. The number of benzene rings is 4. The standard InChI is InChI=1S/C26H43NSi2.C14H23N.C12H21BrSi2/c1-25(2,3)19-13-20(26(4,5)6)15-21(14-19)27-22-16-23(28(7,8)9)18-24(17-22)29(10,11)12;1-13(2,3)10-7-11(14(4,5)6)9-12(15)8-10;1-14(2,3)11-7-10(13)8-12(9-11)15(4,5)6/h13-18,27H,1-12H3;7-9H,15H2,1-6H3;7-9H,1-6H3. The van der Waals surface area contributed by atoms with E-state index >= 15 is 0 Å². The largest absolute Gasteiger partial charge is 0.399 e. The second-order valence-electron chi connectivity index (χ2n) is 25.3. The molecule has 0 fully saturated rings. The monoisotopic (exact) mass is 931 g/mol. The summed E-state index contributed by atoms with van der Waals surface area (Å²) in [5.74, 6) is 0. The molecule has 2 nitrogen and oxygen atoms in total. The molecule has 59 heavy (non-hydrogen) atoms. The van der Waals surface area contributed by atoms with Gasteiger partial charge in [0.1, 0.15) is 0 Å². The molecule has 0 radical (unpaired) electrons. The first kappa shape index (κ1) is 53.0. The van der Waals surface area contributed by atoms with Crippen LogP contribution in [0.15, 0.2) is 77.3 Å². The molecule has 0 saturated heterocycles. The fraction of sp³-hybridized carbons (Fsp3) is 0.538. The molecule has 4 aromatic rings. The fourth-order valence-electron chi connectivity index (χ4n) is 6.27. The minimum atomic E-state index is -1.39. The Hall–Kier alpha value is -2.17. The molecule has 0 aliphatic heterocycles. The van der Waals surface area contributed by atoms with E-state index in [1.165, 1.54) is 38.1 Å². The predicted molar refractivity (Wildman–Crippen MR) is 288 cm³/mol. The van der Waals surface area contributed by atoms with Gasteiger partial charge in [0.25, 0.3) is 0 Å². The van der Waals surface area contributed by atoms with E-state index in [0.29, 0.717) is 0 Å². The lowest BCUT2D eigenvalue weighted by atomic mass is 9.80. The van der Waals surface area contributed by atoms with Crippen LogP contribution in [0.1, 0.15) is 105 Å². The van der Waals surface area contributed by atoms with Crippen LogP contribution in [-0.2, 0) is 21.7 Å². The summed E-state index contributed by atoms with van der Waals surface area (Å²) in [6, 6.07) is 27.8. The summed E-state index contributed by atoms with van der Waals surface area (Å²) in [6.07, 6.45) is 0. The van der Waals surface area contributed by atoms with Crippen molar-refractivity contribution in [3.8, 4) is 0 Å². The van der Waals surface area contributed by atoms with Crippen molar-refractivity contribution in [1.29, 1.82) is 0 Å². The molecule has 0 unspecified atom stereocenters. The normalized spacial score (nSPS) is 13.2. The molecule has 7 heteroatoms. The lowest BCUT2D eigenvalue weighted by Crippen LogP contribution is -2.45. The Morgan fingerprint density at radius 2 is 0.593 bits per heavy atom. The molecule has 328 valence electrons. The van der Waals surface area contributed by atoms with Crippen molar-refractivity contribution in [3.05, 3.63) is 99.5 Å². The summed E-state index contributed by atoms with van der Waals surface area (Å²) in [6.45, 7) is 56.2. The topological polar surface area (TPSA) is 38.0 Å². The fourth-order valence-corrected chi connectivity index (χ4v) is 12.2. The maximum atomic E-state index is 5.95. The lowest BCUT2D eigenvalue weighted by Gasteiger charge is -2.27. The van der Waals surface area contributed by atoms with E-state index in [1.807, 2.05) is 0 Å². The molecule has 0 heterocycles. The molecule has 4 aromatic carbocycles. The third-order valence-corrected chi connectivity index (χ3v) is 19.5. The Morgan fingerprint density at radius 3 is 0.847 bits per heavy atom. The highest BCUT2D eigenvalue weighted by molar-refractivity contribution is 9.10. The van der Waals surface area contributed by atoms with Gasteiger partial charge in [-0.15, -0.1) is 0 Å². The first-order chi connectivity index (χ1) is 26.1. The summed E-state index contributed by atoms with van der Waals surface area (Å²) in [7, 11) is -5.15. The van der Waals surface area contributed by atoms with Gasteiger partial charge in [-0.2, -0.15) is 0 Å². The van der Waals surface area contributed by atoms with Crippen LogP contribution in [0, 0.1) is 0 Å². The molecular weight excluding hydrogens is 845 g/mol. The molecular formula is C52H87BrN2Si4. The summed E-state index contributed by atoms with van der Waals surface area (Å²) < 4.78 is 1.25. The molecule has 3 N–H and O–H groups in total. The average Bonchev–Trinajstić information content (AvgIpc) is 3.01. The van der Waals surface area contributed by atoms with Gasteiger partial charge in [-0.25, -0.2) is 0 Å². The van der Waals surface area contributed by atoms with Gasteiger partial charge in [0.15, 0.2) is 0 Å². The van der Waals surface area contributed by atoms with Gasteiger partial charge in [0.2, 0.25) is 0 Å². The Balaban J connectivity index is 0.000000336. The van der Waals surface area contributed by atoms with Crippen molar-refractivity contribution < 1.29 is 0 Å². The van der Waals surface area contributed by atoms with Gasteiger partial charge in [0, 0.05) is 21.5 Å². The van der Waals surface area contributed by atoms with Crippen LogP contribution in [0.3, 0.4) is 0 Å². The lowest BCUT2D eigenvalue weighted by molar-refractivity contribution is 0.568. The van der Waals surface area contributed by atoms with E-state index < -0.39 is 32.3 Å². The summed E-state index contributed by atoms with van der Waals surface area (Å²) in [5.41, 5.74) is 15.2. The minimum absolute atomic E-state index is 0.126. The van der Waals surface area contributed by atoms with E-state index in [2.05, 4.69) is 256 Å². The number of nitrogens with two attached hydrogens (primary N) is 1. The molecule has 0 atom stereocenters. The Labute approximate surface area is 377 Å². The highest BCUT2D eigenvalue weighted by Crippen LogP contribution is 2.34. The number of rotatable bonds is 6. The number of hydrogen-bond donors (Lipinski definition) is 2. The summed E-state index contributed by atoms with van der Waals surface area (Å²) in [5, 5.41) is 10.0. The highest BCUT2D eigenvalue weighted by Gasteiger charge is 2.26. The molecule has 0 aliphatic carbocycles. The van der Waals surface area contributed by atoms with Gasteiger partial charge >= 0.3 is 0 Å². The third kappa shape index (κ3) is 16.9. The predicted octanol–water partition coefficient (Wildman–Crippen LogP) is 14.5. The zero-order valence-corrected chi connectivity index (χ0v) is 48.0. The van der Waals surface area contributed by atoms with Crippen LogP contribution < -0.4 is 31.8 Å². The van der Waals surface area contributed by atoms with Crippen LogP contribution in [0.25, 0.3) is 0 Å². The van der Waals surface area contributed by atoms with Crippen molar-refractivity contribution in [2.24, 2.45) is 0 Å². The van der Waals surface area contributed by atoms with Crippen LogP contribution in [0.2, 0.25) is 78.6 Å². The smallest absolute Gasteiger partial charge is 0.0776 e. The van der Waals surface area contributed by atoms with Crippen LogP contribution in [0.4, 0.5) is 17.1 Å². The van der Waals surface area contributed by atoms with E-state index in [1.54, 1.807) is 20.7 Å². The van der Waals surface area contributed by atoms with Crippen LogP contribution >= 0.6 is 15.9 Å². The second-order valence-corrected chi connectivity index (χ2v) is 46.5.